The van der Waals surface area contributed by atoms with Crippen molar-refractivity contribution in [3.63, 3.8) is 0 Å². The van der Waals surface area contributed by atoms with Crippen LogP contribution in [0.2, 0.25) is 0 Å². The van der Waals surface area contributed by atoms with Gasteiger partial charge in [-0.2, -0.15) is 0 Å². The van der Waals surface area contributed by atoms with Crippen LogP contribution in [-0.4, -0.2) is 55.2 Å². The largest absolute Gasteiger partial charge is 3.00 e. The standard InChI is InChI=1S/C8H10O2.3CO.3BF4.Fe/c1-10-8(9)6-7-4-2-3-5-7;3*1-2;3*2-1(3,4)5;/h2-4H,5-6H2,1H3;;;;;;;/q;;;;3*-1;+3. The zero-order chi connectivity index (χ0) is 26.9. The number of hydrogen-bond donors (Lipinski definition) is 0. The summed E-state index contributed by atoms with van der Waals surface area (Å²) in [4.78, 5) is 33.2. The maximum absolute atomic E-state index is 10.7. The van der Waals surface area contributed by atoms with Crippen molar-refractivity contribution in [1.29, 1.82) is 0 Å². The second-order valence-corrected chi connectivity index (χ2v) is 3.69. The molecule has 0 aromatic rings. The molecule has 21 heteroatoms. The van der Waals surface area contributed by atoms with Crippen molar-refractivity contribution in [3.8, 4) is 0 Å². The van der Waals surface area contributed by atoms with Crippen molar-refractivity contribution in [3.05, 3.63) is 23.8 Å². The number of halogens is 12. The molecule has 185 valence electrons. The molecule has 1 aliphatic rings. The van der Waals surface area contributed by atoms with E-state index in [1.165, 1.54) is 7.11 Å². The molecule has 1 aliphatic carbocycles. The molecule has 0 aliphatic heterocycles. The van der Waals surface area contributed by atoms with Crippen LogP contribution in [0.25, 0.3) is 0 Å². The first-order valence-electron chi connectivity index (χ1n) is 6.47. The van der Waals surface area contributed by atoms with Gasteiger partial charge >= 0.3 is 44.8 Å². The summed E-state index contributed by atoms with van der Waals surface area (Å²) in [6.07, 6.45) is 7.27. The van der Waals surface area contributed by atoms with Crippen LogP contribution in [0.1, 0.15) is 12.8 Å². The second kappa shape index (κ2) is 28.8. The third kappa shape index (κ3) is 171. The Morgan fingerprint density at radius 1 is 0.781 bits per heavy atom. The van der Waals surface area contributed by atoms with E-state index in [0.717, 1.165) is 12.0 Å². The number of rotatable bonds is 2. The van der Waals surface area contributed by atoms with Gasteiger partial charge in [0, 0.05) is 0 Å². The average Bonchev–Trinajstić information content (AvgIpc) is 3.09. The van der Waals surface area contributed by atoms with E-state index in [-0.39, 0.29) is 23.0 Å². The number of allylic oxidation sites excluding steroid dienone is 3. The maximum Gasteiger partial charge on any atom is 3.00 e. The summed E-state index contributed by atoms with van der Waals surface area (Å²) in [5.41, 5.74) is 1.13. The fourth-order valence-corrected chi connectivity index (χ4v) is 0.880. The van der Waals surface area contributed by atoms with Crippen LogP contribution < -0.4 is 0 Å². The van der Waals surface area contributed by atoms with Crippen molar-refractivity contribution < 1.29 is 92.8 Å². The van der Waals surface area contributed by atoms with Gasteiger partial charge in [0.1, 0.15) is 0 Å². The molecule has 0 spiro atoms. The molecule has 0 aromatic heterocycles. The van der Waals surface area contributed by atoms with E-state index in [1.807, 2.05) is 18.2 Å². The molecule has 0 fully saturated rings. The van der Waals surface area contributed by atoms with Crippen LogP contribution in [0, 0.1) is 0 Å². The van der Waals surface area contributed by atoms with E-state index in [2.05, 4.69) is 25.1 Å². The molecule has 0 heterocycles. The molecule has 0 saturated carbocycles. The minimum Gasteiger partial charge on any atom is -0.469 e. The molecule has 5 nitrogen and oxygen atoms in total. The molecule has 0 aromatic carbocycles. The predicted octanol–water partition coefficient (Wildman–Crippen LogP) is 4.14. The van der Waals surface area contributed by atoms with E-state index in [9.17, 15) is 56.6 Å². The van der Waals surface area contributed by atoms with Crippen molar-refractivity contribution in [1.82, 2.24) is 0 Å². The predicted molar refractivity (Wildman–Crippen MR) is 86.1 cm³/mol. The second-order valence-electron chi connectivity index (χ2n) is 3.69. The first-order chi connectivity index (χ1) is 13.8. The normalized spacial score (nSPS) is 10.7. The van der Waals surface area contributed by atoms with Crippen molar-refractivity contribution in [2.75, 3.05) is 7.11 Å². The van der Waals surface area contributed by atoms with Gasteiger partial charge in [0.05, 0.1) is 13.5 Å². The van der Waals surface area contributed by atoms with E-state index in [4.69, 9.17) is 14.4 Å². The van der Waals surface area contributed by atoms with Crippen LogP contribution in [0.3, 0.4) is 0 Å². The van der Waals surface area contributed by atoms with Gasteiger partial charge in [0.15, 0.2) is 0 Å². The SMILES string of the molecule is COC(=O)CC1=CC=CC1.F[B-](F)(F)F.F[B-](F)(F)F.F[B-](F)(F)F.[C]=O.[C]=O.[C]=O.[Fe+3]. The first-order valence-corrected chi connectivity index (χ1v) is 6.47. The van der Waals surface area contributed by atoms with Crippen molar-refractivity contribution in [2.24, 2.45) is 0 Å². The van der Waals surface area contributed by atoms with Crippen LogP contribution in [0.15, 0.2) is 23.8 Å². The zero-order valence-corrected chi connectivity index (χ0v) is 16.4. The Kier molecular flexibility index (Phi) is 42.9. The minimum atomic E-state index is -6.00. The molecule has 0 unspecified atom stereocenters. The zero-order valence-electron chi connectivity index (χ0n) is 15.3. The van der Waals surface area contributed by atoms with Gasteiger partial charge in [-0.1, -0.05) is 23.8 Å². The number of ether oxygens (including phenoxy) is 1. The Hall–Kier alpha value is -2.17. The summed E-state index contributed by atoms with van der Waals surface area (Å²) in [6.45, 7) is 13.5. The Labute approximate surface area is 185 Å². The van der Waals surface area contributed by atoms with Crippen LogP contribution in [0.5, 0.6) is 0 Å². The first kappa shape index (κ1) is 47.6. The molecule has 0 bridgehead atoms. The molecular weight excluding hydrogens is 528 g/mol. The smallest absolute Gasteiger partial charge is 0.469 e. The number of carbonyl (C=O) groups excluding carboxylic acids is 4. The summed E-state index contributed by atoms with van der Waals surface area (Å²) < 4.78 is 122. The van der Waals surface area contributed by atoms with Gasteiger partial charge in [0.2, 0.25) is 0 Å². The van der Waals surface area contributed by atoms with E-state index in [1.54, 1.807) is 0 Å². The number of carbonyl (C=O) groups is 1. The maximum atomic E-state index is 10.7. The van der Waals surface area contributed by atoms with E-state index in [0.29, 0.717) is 6.42 Å². The summed E-state index contributed by atoms with van der Waals surface area (Å²) >= 11 is 0. The number of esters is 1. The third-order valence-corrected chi connectivity index (χ3v) is 1.45. The van der Waals surface area contributed by atoms with Gasteiger partial charge < -0.3 is 56.5 Å². The van der Waals surface area contributed by atoms with Crippen LogP contribution >= 0.6 is 0 Å². The summed E-state index contributed by atoms with van der Waals surface area (Å²) in [5, 5.41) is 0. The van der Waals surface area contributed by atoms with Gasteiger partial charge in [-0.3, -0.25) is 19.2 Å². The van der Waals surface area contributed by atoms with E-state index < -0.39 is 21.8 Å². The van der Waals surface area contributed by atoms with Crippen LogP contribution in [-0.2, 0) is 41.0 Å². The molecule has 0 atom stereocenters. The number of hydrogen-bond acceptors (Lipinski definition) is 5. The molecule has 1 rings (SSSR count). The summed E-state index contributed by atoms with van der Waals surface area (Å²) in [7, 11) is -16.6. The number of methoxy groups -OCH3 is 1. The fraction of sp³-hybridized carbons (Fsp3) is 0.273. The fourth-order valence-electron chi connectivity index (χ4n) is 0.880. The third-order valence-electron chi connectivity index (χ3n) is 1.45. The quantitative estimate of drug-likeness (QED) is 0.300. The van der Waals surface area contributed by atoms with E-state index >= 15 is 0 Å². The average molecular weight is 538 g/mol. The minimum absolute atomic E-state index is 0. The molecule has 0 N–H and O–H groups in total. The van der Waals surface area contributed by atoms with Gasteiger partial charge in [-0.15, -0.1) is 0 Å². The topological polar surface area (TPSA) is 77.5 Å². The Bertz CT molecular complexity index is 435. The molecule has 7 radical (unpaired) electrons. The van der Waals surface area contributed by atoms with Crippen molar-refractivity contribution in [2.45, 2.75) is 12.8 Å². The molecular formula is C11H10B3F12FeO5. The van der Waals surface area contributed by atoms with Gasteiger partial charge in [-0.25, -0.2) is 0 Å². The Morgan fingerprint density at radius 3 is 1.19 bits per heavy atom. The monoisotopic (exact) mass is 539 g/mol. The van der Waals surface area contributed by atoms with Crippen molar-refractivity contribution >= 4 is 48.1 Å². The van der Waals surface area contributed by atoms with Gasteiger partial charge in [-0.05, 0) is 6.42 Å². The summed E-state index contributed by atoms with van der Waals surface area (Å²) in [5.74, 6) is -0.157. The summed E-state index contributed by atoms with van der Waals surface area (Å²) in [6, 6.07) is 0. The van der Waals surface area contributed by atoms with Crippen LogP contribution in [0.4, 0.5) is 51.8 Å². The Morgan fingerprint density at radius 2 is 1.03 bits per heavy atom. The molecule has 0 saturated heterocycles. The molecule has 32 heavy (non-hydrogen) atoms. The Balaban J connectivity index is -0.0000000499. The molecule has 0 amide bonds. The van der Waals surface area contributed by atoms with Gasteiger partial charge in [0.25, 0.3) is 20.4 Å².